The zero-order valence-corrected chi connectivity index (χ0v) is 19.8. The third-order valence-corrected chi connectivity index (χ3v) is 5.55. The molecule has 3 heterocycles. The predicted molar refractivity (Wildman–Crippen MR) is 134 cm³/mol. The van der Waals surface area contributed by atoms with Gasteiger partial charge in [-0.3, -0.25) is 9.78 Å². The number of pyridine rings is 2. The standard InChI is InChI=1S/C25H23ClFN7O/c1-15-5-3-8-23(32-15)34-21(16-9-10-30-20(11-16)18(13-28)25(35)29-2)12-22(33-34)31-14-17-6-4-7-19(26)24(17)27/h3-13H,14,28H2,1-2H3,(H,29,35)(H,31,33). The maximum atomic E-state index is 14.3. The molecule has 0 aliphatic carbocycles. The zero-order valence-electron chi connectivity index (χ0n) is 19.1. The molecule has 10 heteroatoms. The minimum atomic E-state index is -0.476. The minimum absolute atomic E-state index is 0.0590. The van der Waals surface area contributed by atoms with Crippen LogP contribution in [0.2, 0.25) is 5.02 Å². The van der Waals surface area contributed by atoms with Gasteiger partial charge in [0.2, 0.25) is 0 Å². The average Bonchev–Trinajstić information content (AvgIpc) is 3.30. The van der Waals surface area contributed by atoms with E-state index >= 15 is 0 Å². The Morgan fingerprint density at radius 3 is 2.74 bits per heavy atom. The van der Waals surface area contributed by atoms with Crippen molar-refractivity contribution in [1.29, 1.82) is 0 Å². The molecule has 4 N–H and O–H groups in total. The van der Waals surface area contributed by atoms with Gasteiger partial charge in [-0.25, -0.2) is 14.1 Å². The number of nitrogens with zero attached hydrogens (tertiary/aromatic N) is 4. The Labute approximate surface area is 206 Å². The number of anilines is 1. The highest BCUT2D eigenvalue weighted by molar-refractivity contribution is 6.30. The van der Waals surface area contributed by atoms with Crippen molar-refractivity contribution in [2.45, 2.75) is 13.5 Å². The Kier molecular flexibility index (Phi) is 7.07. The fourth-order valence-electron chi connectivity index (χ4n) is 3.51. The first-order valence-corrected chi connectivity index (χ1v) is 11.1. The molecule has 8 nitrogen and oxygen atoms in total. The number of benzene rings is 1. The van der Waals surface area contributed by atoms with E-state index in [1.54, 1.807) is 35.1 Å². The molecule has 0 unspecified atom stereocenters. The van der Waals surface area contributed by atoms with Gasteiger partial charge in [-0.1, -0.05) is 29.8 Å². The third-order valence-electron chi connectivity index (χ3n) is 5.26. The number of nitrogens with one attached hydrogen (secondary N) is 2. The van der Waals surface area contributed by atoms with Crippen molar-refractivity contribution in [3.05, 3.63) is 94.8 Å². The Hall–Kier alpha value is -4.24. The van der Waals surface area contributed by atoms with Crippen molar-refractivity contribution >= 4 is 28.9 Å². The molecule has 1 amide bonds. The van der Waals surface area contributed by atoms with Crippen molar-refractivity contribution in [2.24, 2.45) is 5.73 Å². The Bertz CT molecular complexity index is 1420. The number of amides is 1. The molecule has 4 aromatic rings. The molecular formula is C25H23ClFN7O. The van der Waals surface area contributed by atoms with Crippen LogP contribution in [0.5, 0.6) is 0 Å². The summed E-state index contributed by atoms with van der Waals surface area (Å²) in [5, 5.41) is 10.4. The monoisotopic (exact) mass is 491 g/mol. The van der Waals surface area contributed by atoms with Crippen LogP contribution in [0.25, 0.3) is 22.6 Å². The van der Waals surface area contributed by atoms with E-state index in [9.17, 15) is 9.18 Å². The van der Waals surface area contributed by atoms with Gasteiger partial charge in [0.05, 0.1) is 22.0 Å². The Morgan fingerprint density at radius 1 is 1.20 bits per heavy atom. The first-order chi connectivity index (χ1) is 16.9. The molecule has 0 fully saturated rings. The van der Waals surface area contributed by atoms with Crippen molar-refractivity contribution in [2.75, 3.05) is 12.4 Å². The zero-order chi connectivity index (χ0) is 24.9. The number of aryl methyl sites for hydroxylation is 1. The van der Waals surface area contributed by atoms with Crippen molar-refractivity contribution in [1.82, 2.24) is 25.1 Å². The van der Waals surface area contributed by atoms with Crippen LogP contribution in [-0.2, 0) is 11.3 Å². The van der Waals surface area contributed by atoms with Crippen LogP contribution < -0.4 is 16.4 Å². The van der Waals surface area contributed by atoms with Gasteiger partial charge in [0.25, 0.3) is 5.91 Å². The highest BCUT2D eigenvalue weighted by Crippen LogP contribution is 2.28. The average molecular weight is 492 g/mol. The number of hydrogen-bond donors (Lipinski definition) is 3. The molecule has 178 valence electrons. The smallest absolute Gasteiger partial charge is 0.254 e. The van der Waals surface area contributed by atoms with E-state index in [0.29, 0.717) is 28.6 Å². The van der Waals surface area contributed by atoms with Gasteiger partial charge in [-0.2, -0.15) is 0 Å². The van der Waals surface area contributed by atoms with Crippen LogP contribution in [0.4, 0.5) is 10.2 Å². The van der Waals surface area contributed by atoms with E-state index in [2.05, 4.69) is 25.7 Å². The maximum Gasteiger partial charge on any atom is 0.254 e. The highest BCUT2D eigenvalue weighted by Gasteiger charge is 2.17. The van der Waals surface area contributed by atoms with Gasteiger partial charge < -0.3 is 16.4 Å². The lowest BCUT2D eigenvalue weighted by Gasteiger charge is -2.09. The number of carbonyl (C=O) groups excluding carboxylic acids is 1. The molecule has 0 spiro atoms. The predicted octanol–water partition coefficient (Wildman–Crippen LogP) is 4.09. The normalized spacial score (nSPS) is 11.4. The van der Waals surface area contributed by atoms with Crippen LogP contribution in [0.3, 0.4) is 0 Å². The van der Waals surface area contributed by atoms with Crippen LogP contribution >= 0.6 is 11.6 Å². The van der Waals surface area contributed by atoms with Crippen molar-refractivity contribution in [3.8, 4) is 17.1 Å². The molecule has 1 aromatic carbocycles. The van der Waals surface area contributed by atoms with Crippen LogP contribution in [0, 0.1) is 12.7 Å². The number of likely N-dealkylation sites (N-methyl/N-ethyl adjacent to an activating group) is 1. The SMILES string of the molecule is CNC(=O)C(=CN)c1cc(-c2cc(NCc3cccc(Cl)c3F)nn2-c2cccc(C)n2)ccn1. The summed E-state index contributed by atoms with van der Waals surface area (Å²) in [5.41, 5.74) is 8.99. The number of carbonyl (C=O) groups is 1. The van der Waals surface area contributed by atoms with Gasteiger partial charge >= 0.3 is 0 Å². The fourth-order valence-corrected chi connectivity index (χ4v) is 3.71. The second-order valence-corrected chi connectivity index (χ2v) is 8.03. The van der Waals surface area contributed by atoms with Gasteiger partial charge in [0, 0.05) is 48.9 Å². The summed E-state index contributed by atoms with van der Waals surface area (Å²) < 4.78 is 16.0. The van der Waals surface area contributed by atoms with E-state index in [0.717, 1.165) is 11.3 Å². The molecule has 0 bridgehead atoms. The maximum absolute atomic E-state index is 14.3. The summed E-state index contributed by atoms with van der Waals surface area (Å²) in [6.45, 7) is 2.07. The van der Waals surface area contributed by atoms with E-state index < -0.39 is 5.82 Å². The van der Waals surface area contributed by atoms with Crippen LogP contribution in [0.1, 0.15) is 17.0 Å². The van der Waals surface area contributed by atoms with E-state index in [1.807, 2.05) is 31.2 Å². The second kappa shape index (κ2) is 10.4. The molecule has 0 saturated carbocycles. The second-order valence-electron chi connectivity index (χ2n) is 7.62. The Balaban J connectivity index is 1.76. The first kappa shape index (κ1) is 23.9. The third kappa shape index (κ3) is 5.15. The lowest BCUT2D eigenvalue weighted by atomic mass is 10.1. The van der Waals surface area contributed by atoms with Gasteiger partial charge in [0.1, 0.15) is 11.6 Å². The number of hydrogen-bond acceptors (Lipinski definition) is 6. The summed E-state index contributed by atoms with van der Waals surface area (Å²) in [6, 6.07) is 15.8. The molecule has 35 heavy (non-hydrogen) atoms. The molecule has 0 aliphatic rings. The highest BCUT2D eigenvalue weighted by atomic mass is 35.5. The van der Waals surface area contributed by atoms with Crippen molar-refractivity contribution < 1.29 is 9.18 Å². The molecule has 0 atom stereocenters. The lowest BCUT2D eigenvalue weighted by Crippen LogP contribution is -2.20. The molecule has 3 aromatic heterocycles. The minimum Gasteiger partial charge on any atom is -0.404 e. The summed E-state index contributed by atoms with van der Waals surface area (Å²) in [6.07, 6.45) is 2.81. The lowest BCUT2D eigenvalue weighted by molar-refractivity contribution is -0.115. The quantitative estimate of drug-likeness (QED) is 0.336. The molecule has 0 radical (unpaired) electrons. The Morgan fingerprint density at radius 2 is 2.00 bits per heavy atom. The first-order valence-electron chi connectivity index (χ1n) is 10.7. The molecular weight excluding hydrogens is 469 g/mol. The van der Waals surface area contributed by atoms with Gasteiger partial charge in [0.15, 0.2) is 5.82 Å². The van der Waals surface area contributed by atoms with Crippen LogP contribution in [-0.4, -0.2) is 32.7 Å². The van der Waals surface area contributed by atoms with E-state index in [4.69, 9.17) is 17.3 Å². The van der Waals surface area contributed by atoms with E-state index in [1.165, 1.54) is 19.3 Å². The topological polar surface area (TPSA) is 111 Å². The van der Waals surface area contributed by atoms with Crippen molar-refractivity contribution in [3.63, 3.8) is 0 Å². The van der Waals surface area contributed by atoms with E-state index in [-0.39, 0.29) is 23.0 Å². The number of rotatable bonds is 7. The number of nitrogens with two attached hydrogens (primary N) is 1. The largest absolute Gasteiger partial charge is 0.404 e. The summed E-state index contributed by atoms with van der Waals surface area (Å²) >= 11 is 5.91. The summed E-state index contributed by atoms with van der Waals surface area (Å²) in [4.78, 5) is 21.1. The molecule has 0 aliphatic heterocycles. The number of halogens is 2. The molecule has 4 rings (SSSR count). The summed E-state index contributed by atoms with van der Waals surface area (Å²) in [7, 11) is 1.52. The summed E-state index contributed by atoms with van der Waals surface area (Å²) in [5.74, 6) is 0.274. The van der Waals surface area contributed by atoms with Gasteiger partial charge in [-0.15, -0.1) is 5.10 Å². The van der Waals surface area contributed by atoms with Gasteiger partial charge in [-0.05, 0) is 37.3 Å². The molecule has 0 saturated heterocycles. The number of aromatic nitrogens is 4. The van der Waals surface area contributed by atoms with Crippen LogP contribution in [0.15, 0.2) is 67.0 Å². The fraction of sp³-hybridized carbons (Fsp3) is 0.120.